The Bertz CT molecular complexity index is 961. The molecule has 12 heteroatoms. The number of nitro groups is 1. The minimum Gasteiger partial charge on any atom is -0.451 e. The summed E-state index contributed by atoms with van der Waals surface area (Å²) >= 11 is 0. The molecule has 1 aromatic carbocycles. The van der Waals surface area contributed by atoms with Crippen LogP contribution in [0.5, 0.6) is 0 Å². The van der Waals surface area contributed by atoms with Crippen molar-refractivity contribution in [2.75, 3.05) is 19.6 Å². The van der Waals surface area contributed by atoms with Crippen molar-refractivity contribution in [3.8, 4) is 0 Å². The molecule has 0 spiro atoms. The zero-order chi connectivity index (χ0) is 22.8. The molecule has 2 fully saturated rings. The Morgan fingerprint density at radius 3 is 2.52 bits per heavy atom. The molecule has 2 aliphatic heterocycles. The summed E-state index contributed by atoms with van der Waals surface area (Å²) in [5, 5.41) is 21.3. The molecule has 31 heavy (non-hydrogen) atoms. The Labute approximate surface area is 179 Å². The molecule has 0 saturated carbocycles. The average molecular weight is 455 g/mol. The number of para-hydroxylation sites is 1. The number of hydrogen-bond donors (Lipinski definition) is 1. The highest BCUT2D eigenvalue weighted by Gasteiger charge is 2.46. The van der Waals surface area contributed by atoms with Crippen molar-refractivity contribution >= 4 is 27.6 Å². The van der Waals surface area contributed by atoms with Crippen molar-refractivity contribution < 1.29 is 32.8 Å². The van der Waals surface area contributed by atoms with Crippen molar-refractivity contribution in [2.24, 2.45) is 0 Å². The lowest BCUT2D eigenvalue weighted by Gasteiger charge is -2.30. The first-order valence-electron chi connectivity index (χ1n) is 10.1. The van der Waals surface area contributed by atoms with Crippen LogP contribution in [0.1, 0.15) is 32.6 Å². The van der Waals surface area contributed by atoms with Gasteiger partial charge in [-0.15, -0.1) is 0 Å². The van der Waals surface area contributed by atoms with E-state index in [1.165, 1.54) is 19.1 Å². The number of benzene rings is 1. The maximum absolute atomic E-state index is 13.1. The summed E-state index contributed by atoms with van der Waals surface area (Å²) in [5.41, 5.74) is -0.635. The van der Waals surface area contributed by atoms with Crippen LogP contribution >= 0.6 is 0 Å². The van der Waals surface area contributed by atoms with Crippen LogP contribution in [0.3, 0.4) is 0 Å². The number of nitrogens with zero attached hydrogens (tertiary/aromatic N) is 3. The Morgan fingerprint density at radius 2 is 1.87 bits per heavy atom. The molecule has 0 radical (unpaired) electrons. The van der Waals surface area contributed by atoms with E-state index in [1.54, 1.807) is 4.90 Å². The topological polar surface area (TPSA) is 147 Å². The normalized spacial score (nSPS) is 23.4. The molecule has 1 aromatic rings. The van der Waals surface area contributed by atoms with E-state index in [0.29, 0.717) is 17.4 Å². The third kappa shape index (κ3) is 4.86. The number of esters is 1. The Hall–Kier alpha value is -2.57. The van der Waals surface area contributed by atoms with Crippen molar-refractivity contribution in [2.45, 2.75) is 55.8 Å². The van der Waals surface area contributed by atoms with Gasteiger partial charge < -0.3 is 14.7 Å². The zero-order valence-corrected chi connectivity index (χ0v) is 17.9. The van der Waals surface area contributed by atoms with Crippen molar-refractivity contribution in [3.63, 3.8) is 0 Å². The lowest BCUT2D eigenvalue weighted by atomic mass is 10.1. The first kappa shape index (κ1) is 23.1. The quantitative estimate of drug-likeness (QED) is 0.374. The van der Waals surface area contributed by atoms with Crippen LogP contribution in [0.4, 0.5) is 5.69 Å². The van der Waals surface area contributed by atoms with Gasteiger partial charge in [0.15, 0.2) is 11.0 Å². The molecule has 11 nitrogen and oxygen atoms in total. The number of carbonyl (C=O) groups is 2. The van der Waals surface area contributed by atoms with Crippen LogP contribution < -0.4 is 0 Å². The van der Waals surface area contributed by atoms with Gasteiger partial charge in [0.25, 0.3) is 21.6 Å². The SMILES string of the molecule is C[C@H](OC(=O)[C@@H]1C[C@@H](O)CN1S(=O)(=O)c1ccccc1[N+](=O)[O-])C(=O)N1CCCCC1. The predicted molar refractivity (Wildman–Crippen MR) is 107 cm³/mol. The molecule has 3 atom stereocenters. The third-order valence-electron chi connectivity index (χ3n) is 5.46. The maximum Gasteiger partial charge on any atom is 0.325 e. The van der Waals surface area contributed by atoms with E-state index in [0.717, 1.165) is 31.4 Å². The number of sulfonamides is 1. The lowest BCUT2D eigenvalue weighted by Crippen LogP contribution is -2.46. The van der Waals surface area contributed by atoms with Gasteiger partial charge in [-0.25, -0.2) is 8.42 Å². The van der Waals surface area contributed by atoms with E-state index in [2.05, 4.69) is 0 Å². The number of likely N-dealkylation sites (tertiary alicyclic amines) is 1. The molecular weight excluding hydrogens is 430 g/mol. The Kier molecular flexibility index (Phi) is 6.92. The summed E-state index contributed by atoms with van der Waals surface area (Å²) in [6.45, 7) is 2.14. The van der Waals surface area contributed by atoms with E-state index < -0.39 is 56.3 Å². The number of carbonyl (C=O) groups excluding carboxylic acids is 2. The summed E-state index contributed by atoms with van der Waals surface area (Å²) in [4.78, 5) is 36.7. The average Bonchev–Trinajstić information content (AvgIpc) is 3.16. The highest BCUT2D eigenvalue weighted by atomic mass is 32.2. The summed E-state index contributed by atoms with van der Waals surface area (Å²) in [6, 6.07) is 3.39. The molecule has 170 valence electrons. The van der Waals surface area contributed by atoms with Crippen LogP contribution in [0.2, 0.25) is 0 Å². The summed E-state index contributed by atoms with van der Waals surface area (Å²) in [6.07, 6.45) is 0.258. The van der Waals surface area contributed by atoms with E-state index in [1.807, 2.05) is 0 Å². The summed E-state index contributed by atoms with van der Waals surface area (Å²) in [7, 11) is -4.48. The summed E-state index contributed by atoms with van der Waals surface area (Å²) < 4.78 is 32.2. The zero-order valence-electron chi connectivity index (χ0n) is 17.0. The molecule has 2 heterocycles. The van der Waals surface area contributed by atoms with Crippen molar-refractivity contribution in [3.05, 3.63) is 34.4 Å². The van der Waals surface area contributed by atoms with E-state index in [9.17, 15) is 33.2 Å². The largest absolute Gasteiger partial charge is 0.451 e. The second kappa shape index (κ2) is 9.28. The fraction of sp³-hybridized carbons (Fsp3) is 0.579. The molecule has 0 unspecified atom stereocenters. The van der Waals surface area contributed by atoms with Gasteiger partial charge in [-0.2, -0.15) is 4.31 Å². The number of nitro benzene ring substituents is 1. The van der Waals surface area contributed by atoms with Gasteiger partial charge in [0, 0.05) is 32.1 Å². The monoisotopic (exact) mass is 455 g/mol. The molecule has 1 amide bonds. The number of aliphatic hydroxyl groups is 1. The second-order valence-corrected chi connectivity index (χ2v) is 9.53. The first-order valence-corrected chi connectivity index (χ1v) is 11.5. The van der Waals surface area contributed by atoms with Gasteiger partial charge in [-0.1, -0.05) is 12.1 Å². The van der Waals surface area contributed by atoms with E-state index in [4.69, 9.17) is 4.74 Å². The van der Waals surface area contributed by atoms with E-state index >= 15 is 0 Å². The van der Waals surface area contributed by atoms with Crippen LogP contribution in [0.15, 0.2) is 29.2 Å². The van der Waals surface area contributed by atoms with Crippen LogP contribution in [0.25, 0.3) is 0 Å². The van der Waals surface area contributed by atoms with Gasteiger partial charge in [0.1, 0.15) is 6.04 Å². The molecule has 0 aliphatic carbocycles. The number of piperidine rings is 1. The smallest absolute Gasteiger partial charge is 0.325 e. The molecule has 3 rings (SSSR count). The van der Waals surface area contributed by atoms with Gasteiger partial charge in [-0.05, 0) is 32.3 Å². The fourth-order valence-electron chi connectivity index (χ4n) is 3.89. The molecule has 0 bridgehead atoms. The number of amides is 1. The third-order valence-corrected chi connectivity index (χ3v) is 7.38. The molecule has 2 aliphatic rings. The van der Waals surface area contributed by atoms with Crippen LogP contribution in [-0.2, 0) is 24.3 Å². The van der Waals surface area contributed by atoms with Crippen molar-refractivity contribution in [1.82, 2.24) is 9.21 Å². The minimum atomic E-state index is -4.48. The van der Waals surface area contributed by atoms with Crippen LogP contribution in [0, 0.1) is 10.1 Å². The minimum absolute atomic E-state index is 0.233. The first-order chi connectivity index (χ1) is 14.6. The van der Waals surface area contributed by atoms with Gasteiger partial charge in [-0.3, -0.25) is 19.7 Å². The number of hydrogen-bond acceptors (Lipinski definition) is 8. The Balaban J connectivity index is 1.80. The van der Waals surface area contributed by atoms with E-state index in [-0.39, 0.29) is 12.3 Å². The molecule has 0 aromatic heterocycles. The number of rotatable bonds is 6. The number of β-amino-alcohol motifs (C(OH)–C–C–N with tert-alkyl or cyclic N) is 1. The maximum atomic E-state index is 13.1. The molecule has 1 N–H and O–H groups in total. The number of aliphatic hydroxyl groups excluding tert-OH is 1. The predicted octanol–water partition coefficient (Wildman–Crippen LogP) is 0.663. The highest BCUT2D eigenvalue weighted by molar-refractivity contribution is 7.89. The van der Waals surface area contributed by atoms with Gasteiger partial charge >= 0.3 is 5.97 Å². The lowest BCUT2D eigenvalue weighted by molar-refractivity contribution is -0.387. The number of ether oxygens (including phenoxy) is 1. The second-order valence-electron chi connectivity index (χ2n) is 7.67. The summed E-state index contributed by atoms with van der Waals surface area (Å²) in [5.74, 6) is -1.34. The van der Waals surface area contributed by atoms with Gasteiger partial charge in [0.2, 0.25) is 0 Å². The van der Waals surface area contributed by atoms with Crippen molar-refractivity contribution in [1.29, 1.82) is 0 Å². The highest BCUT2D eigenvalue weighted by Crippen LogP contribution is 2.32. The molecule has 2 saturated heterocycles. The standard InChI is InChI=1S/C19H25N3O8S/c1-13(18(24)20-9-5-2-6-10-20)30-19(25)16-11-14(23)12-21(16)31(28,29)17-8-4-3-7-15(17)22(26)27/h3-4,7-8,13-14,16,23H,2,5-6,9-12H2,1H3/t13-,14+,16-/m0/s1. The molecular formula is C19H25N3O8S. The fourth-order valence-corrected chi connectivity index (χ4v) is 5.68. The van der Waals surface area contributed by atoms with Crippen LogP contribution in [-0.4, -0.2) is 77.4 Å². The van der Waals surface area contributed by atoms with Gasteiger partial charge in [0.05, 0.1) is 11.0 Å². The Morgan fingerprint density at radius 1 is 1.23 bits per heavy atom.